The molecule has 1 aromatic carbocycles. The smallest absolute Gasteiger partial charge is 0.410 e. The van der Waals surface area contributed by atoms with Crippen molar-refractivity contribution < 1.29 is 24.2 Å². The number of aromatic amines is 1. The van der Waals surface area contributed by atoms with Crippen LogP contribution in [0.2, 0.25) is 0 Å². The molecule has 1 atom stereocenters. The van der Waals surface area contributed by atoms with Crippen LogP contribution in [0.3, 0.4) is 0 Å². The Morgan fingerprint density at radius 1 is 1.14 bits per heavy atom. The van der Waals surface area contributed by atoms with Crippen LogP contribution in [0.25, 0.3) is 10.9 Å². The molecule has 2 aromatic rings. The largest absolute Gasteiger partial charge is 0.481 e. The van der Waals surface area contributed by atoms with E-state index in [4.69, 9.17) is 4.74 Å². The van der Waals surface area contributed by atoms with E-state index in [1.807, 2.05) is 39.0 Å². The minimum absolute atomic E-state index is 0.0551. The maximum Gasteiger partial charge on any atom is 0.410 e. The maximum absolute atomic E-state index is 13.6. The fraction of sp³-hybridized carbons (Fsp3) is 0.593. The number of benzene rings is 1. The molecular formula is C27H37N3O5. The van der Waals surface area contributed by atoms with Crippen molar-refractivity contribution in [3.8, 4) is 0 Å². The minimum Gasteiger partial charge on any atom is -0.481 e. The van der Waals surface area contributed by atoms with Gasteiger partial charge in [0.1, 0.15) is 5.60 Å². The number of H-pyrrole nitrogens is 1. The average Bonchev–Trinajstić information content (AvgIpc) is 3.17. The summed E-state index contributed by atoms with van der Waals surface area (Å²) in [7, 11) is 1.76. The molecule has 2 heterocycles. The van der Waals surface area contributed by atoms with Crippen LogP contribution in [0, 0.1) is 11.8 Å². The summed E-state index contributed by atoms with van der Waals surface area (Å²) >= 11 is 0. The molecule has 2 N–H and O–H groups in total. The van der Waals surface area contributed by atoms with Crippen LogP contribution in [0.15, 0.2) is 24.3 Å². The fourth-order valence-electron chi connectivity index (χ4n) is 5.59. The predicted octanol–water partition coefficient (Wildman–Crippen LogP) is 4.74. The lowest BCUT2D eigenvalue weighted by Gasteiger charge is -2.39. The number of hydrogen-bond donors (Lipinski definition) is 2. The van der Waals surface area contributed by atoms with Crippen LogP contribution in [-0.4, -0.2) is 63.6 Å². The highest BCUT2D eigenvalue weighted by atomic mass is 16.6. The molecule has 35 heavy (non-hydrogen) atoms. The van der Waals surface area contributed by atoms with Crippen molar-refractivity contribution in [1.29, 1.82) is 0 Å². The maximum atomic E-state index is 13.6. The number of amides is 2. The number of aromatic nitrogens is 1. The molecular weight excluding hydrogens is 446 g/mol. The fourth-order valence-corrected chi connectivity index (χ4v) is 5.59. The van der Waals surface area contributed by atoms with Crippen molar-refractivity contribution in [2.45, 2.75) is 70.9 Å². The van der Waals surface area contributed by atoms with E-state index in [1.165, 1.54) is 0 Å². The molecule has 8 nitrogen and oxygen atoms in total. The molecule has 1 aromatic heterocycles. The molecule has 1 aliphatic carbocycles. The van der Waals surface area contributed by atoms with Gasteiger partial charge in [-0.15, -0.1) is 0 Å². The summed E-state index contributed by atoms with van der Waals surface area (Å²) in [6, 6.07) is 7.51. The second kappa shape index (κ2) is 9.91. The lowest BCUT2D eigenvalue weighted by molar-refractivity contribution is -0.144. The molecule has 0 bridgehead atoms. The zero-order chi connectivity index (χ0) is 25.3. The van der Waals surface area contributed by atoms with Crippen molar-refractivity contribution in [3.63, 3.8) is 0 Å². The number of fused-ring (bicyclic) bond motifs is 3. The van der Waals surface area contributed by atoms with E-state index in [9.17, 15) is 19.5 Å². The summed E-state index contributed by atoms with van der Waals surface area (Å²) in [5.41, 5.74) is 2.45. The zero-order valence-electron chi connectivity index (χ0n) is 21.2. The summed E-state index contributed by atoms with van der Waals surface area (Å²) in [5.74, 6) is -0.638. The Morgan fingerprint density at radius 3 is 2.49 bits per heavy atom. The molecule has 2 amide bonds. The SMILES string of the molecule is CN(C[C@H]1CC[C@H](C(=O)N2CCc3c([nH]c4ccccc34)C2CC(=O)O)CC1)C(=O)OC(C)(C)C. The van der Waals surface area contributed by atoms with E-state index >= 15 is 0 Å². The molecule has 0 saturated heterocycles. The van der Waals surface area contributed by atoms with Gasteiger partial charge in [-0.05, 0) is 70.4 Å². The van der Waals surface area contributed by atoms with Crippen LogP contribution in [0.1, 0.15) is 70.2 Å². The van der Waals surface area contributed by atoms with Gasteiger partial charge in [-0.3, -0.25) is 9.59 Å². The van der Waals surface area contributed by atoms with Gasteiger partial charge in [0.05, 0.1) is 12.5 Å². The second-order valence-corrected chi connectivity index (χ2v) is 11.0. The summed E-state index contributed by atoms with van der Waals surface area (Å²) in [5, 5.41) is 10.7. The number of para-hydroxylation sites is 1. The molecule has 0 radical (unpaired) electrons. The number of rotatable bonds is 5. The van der Waals surface area contributed by atoms with Gasteiger partial charge >= 0.3 is 12.1 Å². The third-order valence-electron chi connectivity index (χ3n) is 7.24. The topological polar surface area (TPSA) is 103 Å². The van der Waals surface area contributed by atoms with Gasteiger partial charge in [0.25, 0.3) is 0 Å². The van der Waals surface area contributed by atoms with Gasteiger partial charge < -0.3 is 24.6 Å². The highest BCUT2D eigenvalue weighted by Crippen LogP contribution is 2.39. The number of nitrogens with zero attached hydrogens (tertiary/aromatic N) is 2. The number of carbonyl (C=O) groups excluding carboxylic acids is 2. The van der Waals surface area contributed by atoms with Crippen LogP contribution >= 0.6 is 0 Å². The highest BCUT2D eigenvalue weighted by molar-refractivity contribution is 5.87. The number of nitrogens with one attached hydrogen (secondary N) is 1. The average molecular weight is 484 g/mol. The first-order valence-corrected chi connectivity index (χ1v) is 12.6. The van der Waals surface area contributed by atoms with Crippen molar-refractivity contribution in [3.05, 3.63) is 35.5 Å². The lowest BCUT2D eigenvalue weighted by Crippen LogP contribution is -2.45. The monoisotopic (exact) mass is 483 g/mol. The summed E-state index contributed by atoms with van der Waals surface area (Å²) < 4.78 is 5.45. The van der Waals surface area contributed by atoms with Crippen molar-refractivity contribution in [2.75, 3.05) is 20.1 Å². The minimum atomic E-state index is -0.909. The van der Waals surface area contributed by atoms with E-state index < -0.39 is 17.6 Å². The number of carboxylic acids is 1. The second-order valence-electron chi connectivity index (χ2n) is 11.0. The van der Waals surface area contributed by atoms with E-state index in [2.05, 4.69) is 11.1 Å². The van der Waals surface area contributed by atoms with Crippen molar-refractivity contribution >= 4 is 28.9 Å². The number of hydrogen-bond acceptors (Lipinski definition) is 4. The predicted molar refractivity (Wildman–Crippen MR) is 133 cm³/mol. The molecule has 1 unspecified atom stereocenters. The summed E-state index contributed by atoms with van der Waals surface area (Å²) in [6.45, 7) is 6.71. The Balaban J connectivity index is 1.41. The van der Waals surface area contributed by atoms with Crippen LogP contribution in [0.5, 0.6) is 0 Å². The van der Waals surface area contributed by atoms with Crippen molar-refractivity contribution in [2.24, 2.45) is 11.8 Å². The molecule has 1 aliphatic heterocycles. The molecule has 2 aliphatic rings. The Labute approximate surface area is 206 Å². The van der Waals surface area contributed by atoms with Crippen LogP contribution in [-0.2, 0) is 20.7 Å². The van der Waals surface area contributed by atoms with Crippen LogP contribution < -0.4 is 0 Å². The number of aliphatic carboxylic acids is 1. The van der Waals surface area contributed by atoms with E-state index in [0.717, 1.165) is 54.3 Å². The first-order chi connectivity index (χ1) is 16.5. The Kier molecular flexibility index (Phi) is 7.10. The molecule has 8 heteroatoms. The zero-order valence-corrected chi connectivity index (χ0v) is 21.2. The van der Waals surface area contributed by atoms with Gasteiger partial charge in [-0.1, -0.05) is 18.2 Å². The Hall–Kier alpha value is -3.03. The van der Waals surface area contributed by atoms with Crippen LogP contribution in [0.4, 0.5) is 4.79 Å². The van der Waals surface area contributed by atoms with Crippen molar-refractivity contribution in [1.82, 2.24) is 14.8 Å². The number of carbonyl (C=O) groups is 3. The number of carboxylic acid groups (broad SMARTS) is 1. The summed E-state index contributed by atoms with van der Waals surface area (Å²) in [4.78, 5) is 44.5. The van der Waals surface area contributed by atoms with Gasteiger partial charge in [0.15, 0.2) is 0 Å². The molecule has 4 rings (SSSR count). The van der Waals surface area contributed by atoms with Gasteiger partial charge in [-0.2, -0.15) is 0 Å². The quantitative estimate of drug-likeness (QED) is 0.639. The first-order valence-electron chi connectivity index (χ1n) is 12.6. The number of ether oxygens (including phenoxy) is 1. The molecule has 1 fully saturated rings. The van der Waals surface area contributed by atoms with Gasteiger partial charge in [0.2, 0.25) is 5.91 Å². The van der Waals surface area contributed by atoms with E-state index in [1.54, 1.807) is 16.8 Å². The Morgan fingerprint density at radius 2 is 1.83 bits per heavy atom. The standard InChI is InChI=1S/C27H37N3O5/c1-27(2,3)35-26(34)29(4)16-17-9-11-18(12-10-17)25(33)30-14-13-20-19-7-5-6-8-21(19)28-24(20)22(30)15-23(31)32/h5-8,17-18,22,28H,9-16H2,1-4H3,(H,31,32)/t17-,18-,22?. The molecule has 190 valence electrons. The highest BCUT2D eigenvalue weighted by Gasteiger charge is 2.38. The van der Waals surface area contributed by atoms with E-state index in [0.29, 0.717) is 19.0 Å². The molecule has 0 spiro atoms. The third-order valence-corrected chi connectivity index (χ3v) is 7.24. The Bertz CT molecular complexity index is 1090. The van der Waals surface area contributed by atoms with E-state index in [-0.39, 0.29) is 24.3 Å². The molecule has 1 saturated carbocycles. The summed E-state index contributed by atoms with van der Waals surface area (Å²) in [6.07, 6.45) is 3.51. The normalized spacial score (nSPS) is 22.5. The first kappa shape index (κ1) is 25.1. The third kappa shape index (κ3) is 5.63. The lowest BCUT2D eigenvalue weighted by atomic mass is 9.80. The van der Waals surface area contributed by atoms with Gasteiger partial charge in [0, 0.05) is 42.7 Å². The van der Waals surface area contributed by atoms with Gasteiger partial charge in [-0.25, -0.2) is 4.79 Å².